The molecule has 0 atom stereocenters. The molecule has 4 aromatic rings. The Morgan fingerprint density at radius 1 is 1.04 bits per heavy atom. The number of nitrogens with zero attached hydrogens (tertiary/aromatic N) is 4. The Labute approximate surface area is 158 Å². The van der Waals surface area contributed by atoms with Crippen LogP contribution in [0.15, 0.2) is 67.1 Å². The maximum atomic E-state index is 5.48. The lowest BCUT2D eigenvalue weighted by Gasteiger charge is -2.14. The largest absolute Gasteiger partial charge is 0.495 e. The van der Waals surface area contributed by atoms with E-state index in [2.05, 4.69) is 39.5 Å². The second-order valence-corrected chi connectivity index (χ2v) is 6.38. The molecule has 27 heavy (non-hydrogen) atoms. The zero-order valence-corrected chi connectivity index (χ0v) is 15.5. The Balaban J connectivity index is 1.84. The second-order valence-electron chi connectivity index (χ2n) is 6.38. The molecule has 0 radical (unpaired) electrons. The van der Waals surface area contributed by atoms with Gasteiger partial charge in [-0.1, -0.05) is 24.3 Å². The predicted octanol–water partition coefficient (Wildman–Crippen LogP) is 4.21. The first kappa shape index (κ1) is 16.9. The molecule has 0 spiro atoms. The van der Waals surface area contributed by atoms with E-state index in [0.29, 0.717) is 0 Å². The average Bonchev–Trinajstić information content (AvgIpc) is 3.07. The summed E-state index contributed by atoms with van der Waals surface area (Å²) in [5, 5.41) is 3.49. The summed E-state index contributed by atoms with van der Waals surface area (Å²) in [4.78, 5) is 11.1. The van der Waals surface area contributed by atoms with Gasteiger partial charge in [0.05, 0.1) is 19.0 Å². The topological polar surface area (TPSA) is 54.7 Å². The Kier molecular flexibility index (Phi) is 4.38. The molecule has 0 aliphatic rings. The summed E-state index contributed by atoms with van der Waals surface area (Å²) in [7, 11) is 5.72. The molecular formula is C21H21N5O. The third-order valence-electron chi connectivity index (χ3n) is 4.45. The van der Waals surface area contributed by atoms with Crippen LogP contribution in [0, 0.1) is 0 Å². The highest BCUT2D eigenvalue weighted by atomic mass is 16.5. The van der Waals surface area contributed by atoms with Crippen molar-refractivity contribution >= 4 is 22.8 Å². The number of ether oxygens (including phenoxy) is 1. The van der Waals surface area contributed by atoms with Gasteiger partial charge < -0.3 is 15.0 Å². The average molecular weight is 359 g/mol. The van der Waals surface area contributed by atoms with Gasteiger partial charge in [0.1, 0.15) is 17.3 Å². The van der Waals surface area contributed by atoms with Crippen molar-refractivity contribution in [2.45, 2.75) is 0 Å². The van der Waals surface area contributed by atoms with E-state index in [4.69, 9.17) is 9.72 Å². The lowest BCUT2D eigenvalue weighted by Crippen LogP contribution is -2.08. The van der Waals surface area contributed by atoms with Crippen LogP contribution in [0.4, 0.5) is 17.2 Å². The van der Waals surface area contributed by atoms with Gasteiger partial charge in [-0.25, -0.2) is 4.98 Å². The highest BCUT2D eigenvalue weighted by molar-refractivity contribution is 5.81. The fourth-order valence-corrected chi connectivity index (χ4v) is 3.02. The number of imidazole rings is 1. The molecule has 0 saturated carbocycles. The first-order valence-corrected chi connectivity index (χ1v) is 8.67. The lowest BCUT2D eigenvalue weighted by atomic mass is 10.1. The van der Waals surface area contributed by atoms with Crippen molar-refractivity contribution in [3.05, 3.63) is 67.1 Å². The maximum Gasteiger partial charge on any atom is 0.157 e. The number of rotatable bonds is 5. The zero-order chi connectivity index (χ0) is 18.8. The number of benzene rings is 2. The number of hydrogen-bond acceptors (Lipinski definition) is 5. The van der Waals surface area contributed by atoms with E-state index < -0.39 is 0 Å². The number of anilines is 3. The van der Waals surface area contributed by atoms with Gasteiger partial charge >= 0.3 is 0 Å². The summed E-state index contributed by atoms with van der Waals surface area (Å²) in [6, 6.07) is 16.2. The summed E-state index contributed by atoms with van der Waals surface area (Å²) < 4.78 is 7.48. The molecule has 0 unspecified atom stereocenters. The number of para-hydroxylation sites is 2. The molecule has 0 fully saturated rings. The van der Waals surface area contributed by atoms with Crippen molar-refractivity contribution in [1.82, 2.24) is 14.4 Å². The minimum atomic E-state index is 0.774. The first-order valence-electron chi connectivity index (χ1n) is 8.67. The molecule has 0 aliphatic carbocycles. The summed E-state index contributed by atoms with van der Waals surface area (Å²) in [5.74, 6) is 1.64. The van der Waals surface area contributed by atoms with Gasteiger partial charge in [-0.15, -0.1) is 0 Å². The SMILES string of the molecule is COc1ccccc1Nc1c(-c2ccc(N(C)C)cc2)nc2cnccn12. The van der Waals surface area contributed by atoms with Gasteiger partial charge in [0.15, 0.2) is 5.65 Å². The molecule has 136 valence electrons. The van der Waals surface area contributed by atoms with Crippen LogP contribution >= 0.6 is 0 Å². The van der Waals surface area contributed by atoms with E-state index >= 15 is 0 Å². The second kappa shape index (κ2) is 6.99. The quantitative estimate of drug-likeness (QED) is 0.578. The number of hydrogen-bond donors (Lipinski definition) is 1. The Morgan fingerprint density at radius 2 is 1.81 bits per heavy atom. The van der Waals surface area contributed by atoms with Crippen molar-refractivity contribution in [2.24, 2.45) is 0 Å². The van der Waals surface area contributed by atoms with Crippen LogP contribution in [-0.2, 0) is 0 Å². The molecule has 0 bridgehead atoms. The molecule has 2 aromatic carbocycles. The fourth-order valence-electron chi connectivity index (χ4n) is 3.02. The number of fused-ring (bicyclic) bond motifs is 1. The normalized spacial score (nSPS) is 10.8. The van der Waals surface area contributed by atoms with Crippen molar-refractivity contribution < 1.29 is 4.74 Å². The van der Waals surface area contributed by atoms with Gasteiger partial charge in [0.25, 0.3) is 0 Å². The summed E-state index contributed by atoms with van der Waals surface area (Å²) in [5.41, 5.74) is 4.69. The van der Waals surface area contributed by atoms with Crippen LogP contribution in [-0.4, -0.2) is 35.6 Å². The highest BCUT2D eigenvalue weighted by Crippen LogP contribution is 2.34. The van der Waals surface area contributed by atoms with E-state index in [1.165, 1.54) is 0 Å². The Morgan fingerprint density at radius 3 is 2.56 bits per heavy atom. The molecule has 2 heterocycles. The van der Waals surface area contributed by atoms with Crippen molar-refractivity contribution in [3.8, 4) is 17.0 Å². The molecule has 2 aromatic heterocycles. The van der Waals surface area contributed by atoms with E-state index in [1.54, 1.807) is 19.5 Å². The minimum absolute atomic E-state index is 0.774. The number of aromatic nitrogens is 3. The molecular weight excluding hydrogens is 338 g/mol. The molecule has 0 saturated heterocycles. The minimum Gasteiger partial charge on any atom is -0.495 e. The molecule has 6 nitrogen and oxygen atoms in total. The van der Waals surface area contributed by atoms with Crippen molar-refractivity contribution in [1.29, 1.82) is 0 Å². The van der Waals surface area contributed by atoms with Crippen LogP contribution in [0.2, 0.25) is 0 Å². The maximum absolute atomic E-state index is 5.48. The molecule has 6 heteroatoms. The van der Waals surface area contributed by atoms with Gasteiger partial charge in [0, 0.05) is 37.7 Å². The fraction of sp³-hybridized carbons (Fsp3) is 0.143. The summed E-state index contributed by atoms with van der Waals surface area (Å²) in [6.45, 7) is 0. The highest BCUT2D eigenvalue weighted by Gasteiger charge is 2.16. The molecule has 1 N–H and O–H groups in total. The van der Waals surface area contributed by atoms with Crippen LogP contribution in [0.3, 0.4) is 0 Å². The molecule has 0 aliphatic heterocycles. The lowest BCUT2D eigenvalue weighted by molar-refractivity contribution is 0.417. The molecule has 4 rings (SSSR count). The van der Waals surface area contributed by atoms with Crippen LogP contribution in [0.1, 0.15) is 0 Å². The summed E-state index contributed by atoms with van der Waals surface area (Å²) >= 11 is 0. The third-order valence-corrected chi connectivity index (χ3v) is 4.45. The van der Waals surface area contributed by atoms with Gasteiger partial charge in [0.2, 0.25) is 0 Å². The smallest absolute Gasteiger partial charge is 0.157 e. The van der Waals surface area contributed by atoms with Gasteiger partial charge in [-0.3, -0.25) is 9.38 Å². The standard InChI is InChI=1S/C21H21N5O/c1-25(2)16-10-8-15(9-11-16)20-21(26-13-12-22-14-19(26)24-20)23-17-6-4-5-7-18(17)27-3/h4-14,23H,1-3H3. The van der Waals surface area contributed by atoms with Crippen molar-refractivity contribution in [3.63, 3.8) is 0 Å². The van der Waals surface area contributed by atoms with E-state index in [9.17, 15) is 0 Å². The number of nitrogens with one attached hydrogen (secondary N) is 1. The van der Waals surface area contributed by atoms with Crippen LogP contribution < -0.4 is 15.0 Å². The predicted molar refractivity (Wildman–Crippen MR) is 109 cm³/mol. The van der Waals surface area contributed by atoms with E-state index in [1.807, 2.05) is 49.0 Å². The van der Waals surface area contributed by atoms with Crippen LogP contribution in [0.25, 0.3) is 16.9 Å². The van der Waals surface area contributed by atoms with Crippen molar-refractivity contribution in [2.75, 3.05) is 31.4 Å². The first-order chi connectivity index (χ1) is 13.2. The number of methoxy groups -OCH3 is 1. The monoisotopic (exact) mass is 359 g/mol. The summed E-state index contributed by atoms with van der Waals surface area (Å²) in [6.07, 6.45) is 5.41. The zero-order valence-electron chi connectivity index (χ0n) is 15.5. The van der Waals surface area contributed by atoms with Gasteiger partial charge in [-0.2, -0.15) is 0 Å². The van der Waals surface area contributed by atoms with Gasteiger partial charge in [-0.05, 0) is 24.3 Å². The van der Waals surface area contributed by atoms with E-state index in [-0.39, 0.29) is 0 Å². The van der Waals surface area contributed by atoms with Crippen LogP contribution in [0.5, 0.6) is 5.75 Å². The molecule has 0 amide bonds. The third kappa shape index (κ3) is 3.17. The Bertz CT molecular complexity index is 1070. The van der Waals surface area contributed by atoms with E-state index in [0.717, 1.165) is 39.8 Å². The Hall–Kier alpha value is -3.54.